The Hall–Kier alpha value is -1.16. The molecule has 0 aliphatic heterocycles. The SMILES string of the molecule is CN=C(NCCS(=O)c1ccccc1)NC1CCCC(C(=O)NC(C)C)C1.I. The summed E-state index contributed by atoms with van der Waals surface area (Å²) >= 11 is 0. The molecule has 0 bridgehead atoms. The van der Waals surface area contributed by atoms with E-state index >= 15 is 0 Å². The predicted molar refractivity (Wildman–Crippen MR) is 127 cm³/mol. The van der Waals surface area contributed by atoms with Gasteiger partial charge in [-0.15, -0.1) is 24.0 Å². The van der Waals surface area contributed by atoms with Crippen LogP contribution in [0.2, 0.25) is 0 Å². The lowest BCUT2D eigenvalue weighted by atomic mass is 9.85. The Labute approximate surface area is 188 Å². The largest absolute Gasteiger partial charge is 0.355 e. The highest BCUT2D eigenvalue weighted by Crippen LogP contribution is 2.24. The van der Waals surface area contributed by atoms with E-state index in [4.69, 9.17) is 0 Å². The smallest absolute Gasteiger partial charge is 0.223 e. The van der Waals surface area contributed by atoms with Crippen LogP contribution in [0, 0.1) is 5.92 Å². The highest BCUT2D eigenvalue weighted by Gasteiger charge is 2.27. The van der Waals surface area contributed by atoms with Crippen molar-refractivity contribution in [3.05, 3.63) is 30.3 Å². The third-order valence-corrected chi connectivity index (χ3v) is 6.00. The Morgan fingerprint density at radius 3 is 2.61 bits per heavy atom. The lowest BCUT2D eigenvalue weighted by Gasteiger charge is -2.30. The number of halogens is 1. The molecule has 0 spiro atoms. The Kier molecular flexibility index (Phi) is 11.7. The monoisotopic (exact) mass is 520 g/mol. The molecular weight excluding hydrogens is 487 g/mol. The Bertz CT molecular complexity index is 655. The van der Waals surface area contributed by atoms with Gasteiger partial charge in [0.05, 0.1) is 10.8 Å². The van der Waals surface area contributed by atoms with Gasteiger partial charge in [-0.25, -0.2) is 0 Å². The van der Waals surface area contributed by atoms with Crippen LogP contribution in [0.4, 0.5) is 0 Å². The quantitative estimate of drug-likeness (QED) is 0.294. The lowest BCUT2D eigenvalue weighted by Crippen LogP contribution is -2.48. The van der Waals surface area contributed by atoms with Crippen LogP contribution < -0.4 is 16.0 Å². The molecule has 1 aromatic carbocycles. The highest BCUT2D eigenvalue weighted by molar-refractivity contribution is 14.0. The molecule has 2 rings (SSSR count). The van der Waals surface area contributed by atoms with Crippen molar-refractivity contribution in [1.82, 2.24) is 16.0 Å². The number of rotatable bonds is 7. The number of nitrogens with zero attached hydrogens (tertiary/aromatic N) is 1. The molecule has 1 aliphatic carbocycles. The van der Waals surface area contributed by atoms with Gasteiger partial charge in [0.1, 0.15) is 0 Å². The first kappa shape index (κ1) is 24.9. The molecule has 1 fully saturated rings. The zero-order valence-corrected chi connectivity index (χ0v) is 20.1. The zero-order chi connectivity index (χ0) is 19.6. The molecule has 1 aromatic rings. The summed E-state index contributed by atoms with van der Waals surface area (Å²) in [6, 6.07) is 9.88. The number of aliphatic imine (C=N–C) groups is 1. The van der Waals surface area contributed by atoms with Gasteiger partial charge in [-0.05, 0) is 45.2 Å². The van der Waals surface area contributed by atoms with Crippen molar-refractivity contribution in [3.8, 4) is 0 Å². The van der Waals surface area contributed by atoms with Crippen molar-refractivity contribution in [1.29, 1.82) is 0 Å². The van der Waals surface area contributed by atoms with Crippen molar-refractivity contribution in [2.24, 2.45) is 10.9 Å². The van der Waals surface area contributed by atoms with Gasteiger partial charge in [0.25, 0.3) is 0 Å². The lowest BCUT2D eigenvalue weighted by molar-refractivity contribution is -0.126. The topological polar surface area (TPSA) is 82.6 Å². The van der Waals surface area contributed by atoms with Gasteiger partial charge >= 0.3 is 0 Å². The van der Waals surface area contributed by atoms with E-state index in [1.807, 2.05) is 44.2 Å². The summed E-state index contributed by atoms with van der Waals surface area (Å²) in [6.45, 7) is 4.55. The normalized spacial score (nSPS) is 20.8. The van der Waals surface area contributed by atoms with Gasteiger partial charge in [-0.1, -0.05) is 24.6 Å². The molecule has 1 amide bonds. The molecule has 0 radical (unpaired) electrons. The van der Waals surface area contributed by atoms with E-state index in [1.165, 1.54) is 0 Å². The Balaban J connectivity index is 0.00000392. The van der Waals surface area contributed by atoms with Crippen molar-refractivity contribution in [2.45, 2.75) is 56.5 Å². The van der Waals surface area contributed by atoms with Crippen LogP contribution in [0.5, 0.6) is 0 Å². The number of hydrogen-bond donors (Lipinski definition) is 3. The van der Waals surface area contributed by atoms with E-state index in [9.17, 15) is 9.00 Å². The molecule has 1 saturated carbocycles. The first-order chi connectivity index (χ1) is 13.0. The Morgan fingerprint density at radius 2 is 1.96 bits per heavy atom. The molecular formula is C20H33IN4O2S. The zero-order valence-electron chi connectivity index (χ0n) is 16.9. The molecule has 0 saturated heterocycles. The fourth-order valence-corrected chi connectivity index (χ4v) is 4.29. The predicted octanol–water partition coefficient (Wildman–Crippen LogP) is 2.66. The molecule has 8 heteroatoms. The second-order valence-corrected chi connectivity index (χ2v) is 8.80. The standard InChI is InChI=1S/C20H32N4O2S.HI/c1-15(2)23-19(25)16-8-7-9-17(14-16)24-20(21-3)22-12-13-27(26)18-10-5-4-6-11-18;/h4-6,10-11,15-17H,7-9,12-14H2,1-3H3,(H,23,25)(H2,21,22,24);1H. The van der Waals surface area contributed by atoms with Crippen molar-refractivity contribution in [2.75, 3.05) is 19.3 Å². The fourth-order valence-electron chi connectivity index (χ4n) is 3.30. The van der Waals surface area contributed by atoms with Crippen LogP contribution in [-0.4, -0.2) is 47.5 Å². The number of carbonyl (C=O) groups is 1. The summed E-state index contributed by atoms with van der Waals surface area (Å²) in [5, 5.41) is 9.67. The van der Waals surface area contributed by atoms with Crippen molar-refractivity contribution >= 4 is 46.6 Å². The maximum Gasteiger partial charge on any atom is 0.223 e. The molecule has 3 N–H and O–H groups in total. The van der Waals surface area contributed by atoms with Crippen LogP contribution in [0.1, 0.15) is 39.5 Å². The summed E-state index contributed by atoms with van der Waals surface area (Å²) < 4.78 is 12.3. The van der Waals surface area contributed by atoms with E-state index < -0.39 is 10.8 Å². The first-order valence-corrected chi connectivity index (χ1v) is 11.0. The van der Waals surface area contributed by atoms with Crippen LogP contribution in [0.3, 0.4) is 0 Å². The van der Waals surface area contributed by atoms with Crippen LogP contribution in [0.15, 0.2) is 40.2 Å². The van der Waals surface area contributed by atoms with Gasteiger partial charge in [0.2, 0.25) is 5.91 Å². The number of nitrogens with one attached hydrogen (secondary N) is 3. The number of amides is 1. The summed E-state index contributed by atoms with van der Waals surface area (Å²) in [6.07, 6.45) is 3.82. The van der Waals surface area contributed by atoms with E-state index in [0.717, 1.165) is 30.6 Å². The first-order valence-electron chi connectivity index (χ1n) is 9.70. The Morgan fingerprint density at radius 1 is 1.25 bits per heavy atom. The van der Waals surface area contributed by atoms with Crippen molar-refractivity contribution < 1.29 is 9.00 Å². The third-order valence-electron chi connectivity index (χ3n) is 4.63. The third kappa shape index (κ3) is 8.46. The van der Waals surface area contributed by atoms with Crippen molar-refractivity contribution in [3.63, 3.8) is 0 Å². The minimum Gasteiger partial charge on any atom is -0.355 e. The molecule has 1 aliphatic rings. The highest BCUT2D eigenvalue weighted by atomic mass is 127. The fraction of sp³-hybridized carbons (Fsp3) is 0.600. The number of benzene rings is 1. The molecule has 3 atom stereocenters. The van der Waals surface area contributed by atoms with Gasteiger partial charge in [-0.3, -0.25) is 14.0 Å². The summed E-state index contributed by atoms with van der Waals surface area (Å²) in [5.41, 5.74) is 0. The number of guanidine groups is 1. The molecule has 3 unspecified atom stereocenters. The van der Waals surface area contributed by atoms with E-state index in [0.29, 0.717) is 18.3 Å². The molecule has 6 nitrogen and oxygen atoms in total. The maximum absolute atomic E-state index is 12.3. The number of hydrogen-bond acceptors (Lipinski definition) is 3. The van der Waals surface area contributed by atoms with E-state index in [2.05, 4.69) is 20.9 Å². The van der Waals surface area contributed by atoms with E-state index in [-0.39, 0.29) is 47.9 Å². The minimum absolute atomic E-state index is 0. The summed E-state index contributed by atoms with van der Waals surface area (Å²) in [7, 11) is 0.707. The van der Waals surface area contributed by atoms with Gasteiger partial charge < -0.3 is 16.0 Å². The average Bonchev–Trinajstić information content (AvgIpc) is 2.67. The molecule has 0 aromatic heterocycles. The van der Waals surface area contributed by atoms with E-state index in [1.54, 1.807) is 7.05 Å². The van der Waals surface area contributed by atoms with Crippen LogP contribution in [-0.2, 0) is 15.6 Å². The molecule has 0 heterocycles. The summed E-state index contributed by atoms with van der Waals surface area (Å²) in [4.78, 5) is 17.4. The number of carbonyl (C=O) groups excluding carboxylic acids is 1. The second kappa shape index (κ2) is 13.1. The van der Waals surface area contributed by atoms with Crippen LogP contribution in [0.25, 0.3) is 0 Å². The maximum atomic E-state index is 12.3. The molecule has 28 heavy (non-hydrogen) atoms. The van der Waals surface area contributed by atoms with Crippen LogP contribution >= 0.6 is 24.0 Å². The van der Waals surface area contributed by atoms with Gasteiger partial charge in [0.15, 0.2) is 5.96 Å². The minimum atomic E-state index is -1.02. The average molecular weight is 520 g/mol. The molecule has 158 valence electrons. The van der Waals surface area contributed by atoms with Gasteiger partial charge in [0, 0.05) is 42.2 Å². The van der Waals surface area contributed by atoms with Gasteiger partial charge in [-0.2, -0.15) is 0 Å². The summed E-state index contributed by atoms with van der Waals surface area (Å²) in [5.74, 6) is 1.43. The second-order valence-electron chi connectivity index (χ2n) is 7.23.